The smallest absolute Gasteiger partial charge is 0.239 e. The fourth-order valence-electron chi connectivity index (χ4n) is 1.58. The van der Waals surface area contributed by atoms with E-state index in [-0.39, 0.29) is 5.54 Å². The van der Waals surface area contributed by atoms with Crippen molar-refractivity contribution in [2.45, 2.75) is 18.9 Å². The van der Waals surface area contributed by atoms with Crippen LogP contribution in [0.3, 0.4) is 0 Å². The van der Waals surface area contributed by atoms with E-state index in [2.05, 4.69) is 27.6 Å². The zero-order valence-electron chi connectivity index (χ0n) is 8.96. The monoisotopic (exact) mass is 243 g/mol. The highest BCUT2D eigenvalue weighted by Gasteiger charge is 2.30. The van der Waals surface area contributed by atoms with Crippen molar-refractivity contribution >= 4 is 23.4 Å². The van der Waals surface area contributed by atoms with Crippen molar-refractivity contribution in [3.63, 3.8) is 0 Å². The van der Waals surface area contributed by atoms with Gasteiger partial charge in [-0.25, -0.2) is 10.8 Å². The molecule has 16 heavy (non-hydrogen) atoms. The third-order valence-corrected chi connectivity index (χ3v) is 2.79. The van der Waals surface area contributed by atoms with Crippen LogP contribution in [-0.2, 0) is 4.74 Å². The van der Waals surface area contributed by atoms with Gasteiger partial charge in [-0.1, -0.05) is 11.6 Å². The molecule has 0 amide bonds. The number of halogens is 1. The van der Waals surface area contributed by atoms with Crippen LogP contribution in [-0.4, -0.2) is 28.7 Å². The molecule has 0 radical (unpaired) electrons. The molecule has 4 N–H and O–H groups in total. The van der Waals surface area contributed by atoms with Crippen molar-refractivity contribution in [3.05, 3.63) is 11.2 Å². The van der Waals surface area contributed by atoms with E-state index in [4.69, 9.17) is 22.2 Å². The fraction of sp³-hybridized carbons (Fsp3) is 0.556. The summed E-state index contributed by atoms with van der Waals surface area (Å²) in [6, 6.07) is 0. The second kappa shape index (κ2) is 4.40. The summed E-state index contributed by atoms with van der Waals surface area (Å²) >= 11 is 6.00. The van der Waals surface area contributed by atoms with Gasteiger partial charge in [0.1, 0.15) is 5.02 Å². The average molecular weight is 244 g/mol. The van der Waals surface area contributed by atoms with Crippen molar-refractivity contribution in [3.8, 4) is 0 Å². The number of anilines is 2. The second-order valence-electron chi connectivity index (χ2n) is 4.02. The Morgan fingerprint density at radius 1 is 1.62 bits per heavy atom. The van der Waals surface area contributed by atoms with E-state index in [9.17, 15) is 0 Å². The van der Waals surface area contributed by atoms with Crippen LogP contribution in [0, 0.1) is 0 Å². The molecule has 88 valence electrons. The molecule has 1 saturated heterocycles. The van der Waals surface area contributed by atoms with Crippen LogP contribution < -0.4 is 16.6 Å². The van der Waals surface area contributed by atoms with Gasteiger partial charge in [-0.15, -0.1) is 0 Å². The molecule has 0 bridgehead atoms. The van der Waals surface area contributed by atoms with Gasteiger partial charge in [-0.05, 0) is 13.3 Å². The Kier molecular flexibility index (Phi) is 3.13. The van der Waals surface area contributed by atoms with Crippen LogP contribution in [0.4, 0.5) is 11.8 Å². The number of nitrogen functional groups attached to an aromatic ring is 1. The summed E-state index contributed by atoms with van der Waals surface area (Å²) in [6.45, 7) is 3.45. The summed E-state index contributed by atoms with van der Waals surface area (Å²) in [5.74, 6) is 6.13. The quantitative estimate of drug-likeness (QED) is 0.543. The molecule has 2 heterocycles. The van der Waals surface area contributed by atoms with Gasteiger partial charge in [0.25, 0.3) is 0 Å². The summed E-state index contributed by atoms with van der Waals surface area (Å²) < 4.78 is 5.34. The highest BCUT2D eigenvalue weighted by molar-refractivity contribution is 6.32. The van der Waals surface area contributed by atoms with E-state index in [1.165, 1.54) is 6.20 Å². The minimum Gasteiger partial charge on any atom is -0.379 e. The zero-order valence-corrected chi connectivity index (χ0v) is 9.71. The zero-order chi connectivity index (χ0) is 11.6. The van der Waals surface area contributed by atoms with Gasteiger partial charge < -0.3 is 10.1 Å². The Labute approximate surface area is 98.5 Å². The normalized spacial score (nSPS) is 24.4. The molecule has 0 aliphatic carbocycles. The first-order chi connectivity index (χ1) is 7.63. The predicted molar refractivity (Wildman–Crippen MR) is 62.3 cm³/mol. The number of nitrogens with zero attached hydrogens (tertiary/aromatic N) is 2. The Morgan fingerprint density at radius 2 is 2.44 bits per heavy atom. The predicted octanol–water partition coefficient (Wildman–Crippen LogP) is 1.01. The lowest BCUT2D eigenvalue weighted by Gasteiger charge is -2.24. The molecule has 1 unspecified atom stereocenters. The third kappa shape index (κ3) is 2.34. The van der Waals surface area contributed by atoms with Gasteiger partial charge in [0.05, 0.1) is 18.3 Å². The Morgan fingerprint density at radius 3 is 3.06 bits per heavy atom. The van der Waals surface area contributed by atoms with E-state index < -0.39 is 0 Å². The fourth-order valence-corrected chi connectivity index (χ4v) is 1.71. The van der Waals surface area contributed by atoms with Crippen LogP contribution in [0.1, 0.15) is 13.3 Å². The van der Waals surface area contributed by atoms with E-state index in [1.807, 2.05) is 0 Å². The Hall–Kier alpha value is -1.11. The maximum atomic E-state index is 6.00. The van der Waals surface area contributed by atoms with Gasteiger partial charge in [0, 0.05) is 6.61 Å². The second-order valence-corrected chi connectivity index (χ2v) is 4.43. The minimum atomic E-state index is -0.135. The lowest BCUT2D eigenvalue weighted by atomic mass is 10.0. The lowest BCUT2D eigenvalue weighted by Crippen LogP contribution is -2.35. The number of hydrogen-bond donors (Lipinski definition) is 3. The molecule has 1 aliphatic heterocycles. The van der Waals surface area contributed by atoms with Crippen molar-refractivity contribution in [2.24, 2.45) is 5.84 Å². The summed E-state index contributed by atoms with van der Waals surface area (Å²) in [4.78, 5) is 8.06. The summed E-state index contributed by atoms with van der Waals surface area (Å²) in [5.41, 5.74) is 2.24. The first kappa shape index (κ1) is 11.4. The lowest BCUT2D eigenvalue weighted by molar-refractivity contribution is 0.185. The van der Waals surface area contributed by atoms with Gasteiger partial charge >= 0.3 is 0 Å². The Balaban J connectivity index is 2.19. The minimum absolute atomic E-state index is 0.135. The molecule has 1 aliphatic rings. The van der Waals surface area contributed by atoms with E-state index in [1.54, 1.807) is 0 Å². The maximum Gasteiger partial charge on any atom is 0.239 e. The summed E-state index contributed by atoms with van der Waals surface area (Å²) in [6.07, 6.45) is 2.42. The topological polar surface area (TPSA) is 85.1 Å². The first-order valence-electron chi connectivity index (χ1n) is 4.98. The molecule has 1 fully saturated rings. The first-order valence-corrected chi connectivity index (χ1v) is 5.36. The molecule has 1 aromatic rings. The standard InChI is InChI=1S/C9H14ClN5O/c1-9(2-3-16-5-9)14-7-6(10)4-12-8(13-7)15-11/h4H,2-3,5,11H2,1H3,(H2,12,13,14,15). The number of aromatic nitrogens is 2. The molecule has 1 aromatic heterocycles. The van der Waals surface area contributed by atoms with Crippen LogP contribution in [0.2, 0.25) is 5.02 Å². The molecule has 2 rings (SSSR count). The molecule has 0 saturated carbocycles. The van der Waals surface area contributed by atoms with Crippen molar-refractivity contribution < 1.29 is 4.74 Å². The van der Waals surface area contributed by atoms with Gasteiger partial charge in [0.15, 0.2) is 5.82 Å². The average Bonchev–Trinajstić information content (AvgIpc) is 2.68. The van der Waals surface area contributed by atoms with Crippen molar-refractivity contribution in [1.29, 1.82) is 0 Å². The molecule has 0 aromatic carbocycles. The van der Waals surface area contributed by atoms with Crippen LogP contribution in [0.15, 0.2) is 6.20 Å². The van der Waals surface area contributed by atoms with E-state index in [0.29, 0.717) is 23.4 Å². The van der Waals surface area contributed by atoms with Gasteiger partial charge in [-0.3, -0.25) is 5.43 Å². The maximum absolute atomic E-state index is 6.00. The van der Waals surface area contributed by atoms with Crippen LogP contribution >= 0.6 is 11.6 Å². The summed E-state index contributed by atoms with van der Waals surface area (Å²) in [5, 5.41) is 3.72. The number of rotatable bonds is 3. The number of ether oxygens (including phenoxy) is 1. The molecular formula is C9H14ClN5O. The Bertz CT molecular complexity index is 380. The van der Waals surface area contributed by atoms with Crippen LogP contribution in [0.5, 0.6) is 0 Å². The third-order valence-electron chi connectivity index (χ3n) is 2.51. The van der Waals surface area contributed by atoms with E-state index >= 15 is 0 Å². The summed E-state index contributed by atoms with van der Waals surface area (Å²) in [7, 11) is 0. The number of hydrazine groups is 1. The highest BCUT2D eigenvalue weighted by Crippen LogP contribution is 2.27. The molecular weight excluding hydrogens is 230 g/mol. The molecule has 6 nitrogen and oxygen atoms in total. The van der Waals surface area contributed by atoms with Gasteiger partial charge in [0.2, 0.25) is 5.95 Å². The SMILES string of the molecule is CC1(Nc2nc(NN)ncc2Cl)CCOC1. The molecule has 0 spiro atoms. The van der Waals surface area contributed by atoms with Crippen LogP contribution in [0.25, 0.3) is 0 Å². The van der Waals surface area contributed by atoms with Crippen molar-refractivity contribution in [1.82, 2.24) is 9.97 Å². The van der Waals surface area contributed by atoms with E-state index in [0.717, 1.165) is 13.0 Å². The number of nitrogens with one attached hydrogen (secondary N) is 2. The number of hydrogen-bond acceptors (Lipinski definition) is 6. The number of nitrogens with two attached hydrogens (primary N) is 1. The van der Waals surface area contributed by atoms with Gasteiger partial charge in [-0.2, -0.15) is 4.98 Å². The highest BCUT2D eigenvalue weighted by atomic mass is 35.5. The molecule has 7 heteroatoms. The molecule has 1 atom stereocenters. The van der Waals surface area contributed by atoms with Crippen molar-refractivity contribution in [2.75, 3.05) is 24.0 Å². The largest absolute Gasteiger partial charge is 0.379 e.